The Morgan fingerprint density at radius 1 is 1.39 bits per heavy atom. The van der Waals surface area contributed by atoms with E-state index < -0.39 is 6.10 Å². The second-order valence-electron chi connectivity index (χ2n) is 4.43. The lowest BCUT2D eigenvalue weighted by molar-refractivity contribution is -0.122. The van der Waals surface area contributed by atoms with E-state index in [4.69, 9.17) is 4.74 Å². The summed E-state index contributed by atoms with van der Waals surface area (Å²) >= 11 is 0. The molecule has 1 rings (SSSR count). The van der Waals surface area contributed by atoms with Crippen molar-refractivity contribution < 1.29 is 14.6 Å². The number of amides is 1. The highest BCUT2D eigenvalue weighted by atomic mass is 16.5. The van der Waals surface area contributed by atoms with Crippen molar-refractivity contribution in [2.75, 3.05) is 20.3 Å². The summed E-state index contributed by atoms with van der Waals surface area (Å²) in [5, 5.41) is 12.1. The fourth-order valence-electron chi connectivity index (χ4n) is 1.73. The fraction of sp³-hybridized carbons (Fsp3) is 0.500. The number of hydrogen-bond donors (Lipinski definition) is 2. The van der Waals surface area contributed by atoms with Gasteiger partial charge in [-0.15, -0.1) is 0 Å². The molecule has 0 radical (unpaired) electrons. The summed E-state index contributed by atoms with van der Waals surface area (Å²) in [6.45, 7) is 2.48. The lowest BCUT2D eigenvalue weighted by Crippen LogP contribution is -2.34. The summed E-state index contributed by atoms with van der Waals surface area (Å²) in [6, 6.07) is 9.91. The highest BCUT2D eigenvalue weighted by Gasteiger charge is 2.12. The smallest absolute Gasteiger partial charge is 0.220 e. The molecule has 0 aliphatic carbocycles. The van der Waals surface area contributed by atoms with Crippen molar-refractivity contribution in [2.24, 2.45) is 0 Å². The normalized spacial score (nSPS) is 13.9. The second kappa shape index (κ2) is 7.84. The number of aliphatic hydroxyl groups is 1. The summed E-state index contributed by atoms with van der Waals surface area (Å²) in [7, 11) is 1.52. The molecule has 1 aromatic rings. The maximum Gasteiger partial charge on any atom is 0.220 e. The van der Waals surface area contributed by atoms with Crippen molar-refractivity contribution in [1.82, 2.24) is 5.32 Å². The zero-order valence-electron chi connectivity index (χ0n) is 10.9. The topological polar surface area (TPSA) is 58.6 Å². The maximum atomic E-state index is 11.7. The predicted octanol–water partition coefficient (Wildman–Crippen LogP) is 1.30. The van der Waals surface area contributed by atoms with Crippen LogP contribution in [0.1, 0.15) is 24.8 Å². The molecule has 0 heterocycles. The largest absolute Gasteiger partial charge is 0.389 e. The van der Waals surface area contributed by atoms with Crippen molar-refractivity contribution in [3.05, 3.63) is 35.9 Å². The number of ether oxygens (including phenoxy) is 1. The Balaban J connectivity index is 2.32. The molecule has 1 amide bonds. The Morgan fingerprint density at radius 2 is 2.06 bits per heavy atom. The van der Waals surface area contributed by atoms with Crippen LogP contribution in [0.3, 0.4) is 0 Å². The van der Waals surface area contributed by atoms with Crippen molar-refractivity contribution in [3.8, 4) is 0 Å². The molecule has 0 aliphatic rings. The van der Waals surface area contributed by atoms with Crippen LogP contribution in [0.2, 0.25) is 0 Å². The summed E-state index contributed by atoms with van der Waals surface area (Å²) in [6.07, 6.45) is -0.227. The van der Waals surface area contributed by atoms with Crippen LogP contribution in [0.4, 0.5) is 0 Å². The average molecular weight is 251 g/mol. The molecule has 0 spiro atoms. The molecule has 4 heteroatoms. The van der Waals surface area contributed by atoms with E-state index in [2.05, 4.69) is 5.32 Å². The molecule has 0 aromatic heterocycles. The zero-order chi connectivity index (χ0) is 13.4. The standard InChI is InChI=1S/C14H21NO3/c1-11(12-6-4-3-5-7-12)8-14(17)15-9-13(16)10-18-2/h3-7,11,13,16H,8-10H2,1-2H3,(H,15,17). The third-order valence-corrected chi connectivity index (χ3v) is 2.75. The number of carbonyl (C=O) groups is 1. The first-order chi connectivity index (χ1) is 8.63. The Morgan fingerprint density at radius 3 is 2.67 bits per heavy atom. The van der Waals surface area contributed by atoms with E-state index in [9.17, 15) is 9.90 Å². The molecule has 0 aliphatic heterocycles. The maximum absolute atomic E-state index is 11.7. The Hall–Kier alpha value is -1.39. The summed E-state index contributed by atoms with van der Waals surface area (Å²) < 4.78 is 4.79. The third-order valence-electron chi connectivity index (χ3n) is 2.75. The van der Waals surface area contributed by atoms with Crippen LogP contribution in [-0.4, -0.2) is 37.4 Å². The van der Waals surface area contributed by atoms with Crippen molar-refractivity contribution in [2.45, 2.75) is 25.4 Å². The van der Waals surface area contributed by atoms with Gasteiger partial charge in [0.05, 0.1) is 12.7 Å². The Bertz CT molecular complexity index is 353. The Kier molecular flexibility index (Phi) is 6.39. The first-order valence-corrected chi connectivity index (χ1v) is 6.12. The monoisotopic (exact) mass is 251 g/mol. The molecule has 18 heavy (non-hydrogen) atoms. The molecule has 0 saturated carbocycles. The number of rotatable bonds is 7. The van der Waals surface area contributed by atoms with E-state index in [1.54, 1.807) is 0 Å². The number of hydrogen-bond acceptors (Lipinski definition) is 3. The third kappa shape index (κ3) is 5.29. The van der Waals surface area contributed by atoms with Gasteiger partial charge in [0, 0.05) is 20.1 Å². The molecular weight excluding hydrogens is 230 g/mol. The molecule has 0 fully saturated rings. The predicted molar refractivity (Wildman–Crippen MR) is 70.4 cm³/mol. The van der Waals surface area contributed by atoms with Crippen LogP contribution in [0.5, 0.6) is 0 Å². The van der Waals surface area contributed by atoms with E-state index in [-0.39, 0.29) is 25.0 Å². The Labute approximate surface area is 108 Å². The van der Waals surface area contributed by atoms with Gasteiger partial charge in [-0.3, -0.25) is 4.79 Å². The second-order valence-corrected chi connectivity index (χ2v) is 4.43. The molecule has 2 N–H and O–H groups in total. The van der Waals surface area contributed by atoms with E-state index >= 15 is 0 Å². The number of carbonyl (C=O) groups excluding carboxylic acids is 1. The molecular formula is C14H21NO3. The van der Waals surface area contributed by atoms with Gasteiger partial charge in [0.1, 0.15) is 0 Å². The first-order valence-electron chi connectivity index (χ1n) is 6.12. The van der Waals surface area contributed by atoms with Crippen LogP contribution >= 0.6 is 0 Å². The van der Waals surface area contributed by atoms with Gasteiger partial charge in [0.2, 0.25) is 5.91 Å². The quantitative estimate of drug-likeness (QED) is 0.768. The van der Waals surface area contributed by atoms with Crippen molar-refractivity contribution in [3.63, 3.8) is 0 Å². The number of aliphatic hydroxyl groups excluding tert-OH is 1. The highest BCUT2D eigenvalue weighted by Crippen LogP contribution is 2.17. The number of nitrogens with one attached hydrogen (secondary N) is 1. The van der Waals surface area contributed by atoms with Gasteiger partial charge in [-0.2, -0.15) is 0 Å². The lowest BCUT2D eigenvalue weighted by Gasteiger charge is -2.14. The number of methoxy groups -OCH3 is 1. The number of benzene rings is 1. The first kappa shape index (κ1) is 14.7. The SMILES string of the molecule is COCC(O)CNC(=O)CC(C)c1ccccc1. The zero-order valence-corrected chi connectivity index (χ0v) is 10.9. The minimum Gasteiger partial charge on any atom is -0.389 e. The molecule has 100 valence electrons. The molecule has 2 atom stereocenters. The highest BCUT2D eigenvalue weighted by molar-refractivity contribution is 5.76. The van der Waals surface area contributed by atoms with E-state index in [1.807, 2.05) is 37.3 Å². The minimum atomic E-state index is -0.647. The summed E-state index contributed by atoms with van der Waals surface area (Å²) in [5.41, 5.74) is 1.14. The average Bonchev–Trinajstić information content (AvgIpc) is 2.38. The van der Waals surface area contributed by atoms with Gasteiger partial charge in [-0.1, -0.05) is 37.3 Å². The minimum absolute atomic E-state index is 0.0542. The molecule has 2 unspecified atom stereocenters. The van der Waals surface area contributed by atoms with Gasteiger partial charge in [-0.25, -0.2) is 0 Å². The van der Waals surface area contributed by atoms with Crippen LogP contribution in [0, 0.1) is 0 Å². The van der Waals surface area contributed by atoms with Crippen LogP contribution in [-0.2, 0) is 9.53 Å². The van der Waals surface area contributed by atoms with Gasteiger partial charge in [0.15, 0.2) is 0 Å². The van der Waals surface area contributed by atoms with Crippen LogP contribution in [0.15, 0.2) is 30.3 Å². The molecule has 0 saturated heterocycles. The fourth-order valence-corrected chi connectivity index (χ4v) is 1.73. The molecule has 0 bridgehead atoms. The van der Waals surface area contributed by atoms with E-state index in [0.29, 0.717) is 6.42 Å². The molecule has 1 aromatic carbocycles. The van der Waals surface area contributed by atoms with Crippen molar-refractivity contribution >= 4 is 5.91 Å². The van der Waals surface area contributed by atoms with E-state index in [1.165, 1.54) is 7.11 Å². The van der Waals surface area contributed by atoms with Crippen LogP contribution in [0.25, 0.3) is 0 Å². The van der Waals surface area contributed by atoms with E-state index in [0.717, 1.165) is 5.56 Å². The van der Waals surface area contributed by atoms with Crippen molar-refractivity contribution in [1.29, 1.82) is 0 Å². The van der Waals surface area contributed by atoms with Gasteiger partial charge in [0.25, 0.3) is 0 Å². The van der Waals surface area contributed by atoms with Gasteiger partial charge >= 0.3 is 0 Å². The van der Waals surface area contributed by atoms with Crippen LogP contribution < -0.4 is 5.32 Å². The summed E-state index contributed by atoms with van der Waals surface area (Å²) in [5.74, 6) is 0.118. The summed E-state index contributed by atoms with van der Waals surface area (Å²) in [4.78, 5) is 11.7. The lowest BCUT2D eigenvalue weighted by atomic mass is 9.97. The van der Waals surface area contributed by atoms with Gasteiger partial charge < -0.3 is 15.2 Å². The molecule has 4 nitrogen and oxygen atoms in total. The van der Waals surface area contributed by atoms with Gasteiger partial charge in [-0.05, 0) is 11.5 Å².